The first-order valence-electron chi connectivity index (χ1n) is 18.5. The minimum Gasteiger partial charge on any atom is -0.456 e. The first-order valence-corrected chi connectivity index (χ1v) is 18.5. The highest BCUT2D eigenvalue weighted by Gasteiger charge is 2.17. The molecule has 0 aliphatic rings. The molecule has 0 aliphatic carbocycles. The molecule has 0 spiro atoms. The molecule has 0 bridgehead atoms. The predicted molar refractivity (Wildman–Crippen MR) is 229 cm³/mol. The summed E-state index contributed by atoms with van der Waals surface area (Å²) in [6, 6.07) is 72.3. The molecule has 1 aromatic heterocycles. The third kappa shape index (κ3) is 4.96. The van der Waals surface area contributed by atoms with E-state index >= 15 is 0 Å². The Morgan fingerprint density at radius 1 is 0.278 bits per heavy atom. The van der Waals surface area contributed by atoms with Gasteiger partial charge in [-0.3, -0.25) is 0 Å². The maximum Gasteiger partial charge on any atom is 0.136 e. The number of rotatable bonds is 5. The molecule has 0 aliphatic heterocycles. The summed E-state index contributed by atoms with van der Waals surface area (Å²) in [6.45, 7) is 0. The van der Waals surface area contributed by atoms with Crippen LogP contribution in [0.3, 0.4) is 0 Å². The van der Waals surface area contributed by atoms with E-state index in [0.717, 1.165) is 39.0 Å². The van der Waals surface area contributed by atoms with Crippen molar-refractivity contribution in [3.63, 3.8) is 0 Å². The Morgan fingerprint density at radius 3 is 1.59 bits per heavy atom. The van der Waals surface area contributed by atoms with Gasteiger partial charge < -0.3 is 9.32 Å². The predicted octanol–water partition coefficient (Wildman–Crippen LogP) is 15.0. The Hall–Kier alpha value is -7.16. The molecule has 0 saturated carbocycles. The normalized spacial score (nSPS) is 11.7. The molecule has 1 heterocycles. The molecule has 11 aromatic rings. The Labute approximate surface area is 312 Å². The second-order valence-electron chi connectivity index (χ2n) is 14.1. The largest absolute Gasteiger partial charge is 0.456 e. The fraction of sp³-hybridized carbons (Fsp3) is 0. The van der Waals surface area contributed by atoms with Crippen molar-refractivity contribution >= 4 is 82.1 Å². The van der Waals surface area contributed by atoms with Gasteiger partial charge in [-0.2, -0.15) is 0 Å². The number of hydrogen-bond acceptors (Lipinski definition) is 2. The van der Waals surface area contributed by atoms with Crippen LogP contribution in [0.2, 0.25) is 0 Å². The lowest BCUT2D eigenvalue weighted by Crippen LogP contribution is -2.09. The van der Waals surface area contributed by atoms with Gasteiger partial charge in [-0.25, -0.2) is 0 Å². The van der Waals surface area contributed by atoms with Crippen molar-refractivity contribution in [2.75, 3.05) is 4.90 Å². The number of hydrogen-bond donors (Lipinski definition) is 0. The van der Waals surface area contributed by atoms with Crippen molar-refractivity contribution in [1.29, 1.82) is 0 Å². The van der Waals surface area contributed by atoms with E-state index in [2.05, 4.69) is 193 Å². The second-order valence-corrected chi connectivity index (χ2v) is 14.1. The molecular weight excluding hydrogens is 655 g/mol. The van der Waals surface area contributed by atoms with E-state index in [1.54, 1.807) is 0 Å². The van der Waals surface area contributed by atoms with Gasteiger partial charge in [0, 0.05) is 27.8 Å². The minimum absolute atomic E-state index is 0.913. The first kappa shape index (κ1) is 30.5. The quantitative estimate of drug-likeness (QED) is 0.168. The lowest BCUT2D eigenvalue weighted by Gasteiger charge is -2.26. The van der Waals surface area contributed by atoms with Gasteiger partial charge in [0.2, 0.25) is 0 Å². The van der Waals surface area contributed by atoms with Crippen LogP contribution < -0.4 is 4.90 Å². The van der Waals surface area contributed by atoms with Crippen molar-refractivity contribution in [2.24, 2.45) is 0 Å². The molecule has 252 valence electrons. The molecule has 0 N–H and O–H groups in total. The van der Waals surface area contributed by atoms with Crippen LogP contribution in [-0.4, -0.2) is 0 Å². The monoisotopic (exact) mass is 687 g/mol. The molecule has 0 atom stereocenters. The fourth-order valence-corrected chi connectivity index (χ4v) is 8.38. The maximum absolute atomic E-state index is 6.22. The fourth-order valence-electron chi connectivity index (χ4n) is 8.38. The number of nitrogens with zero attached hydrogens (tertiary/aromatic N) is 1. The molecule has 54 heavy (non-hydrogen) atoms. The third-order valence-electron chi connectivity index (χ3n) is 11.0. The SMILES string of the molecule is c1ccc(-c2ccc(N(c3ccc(-c4ccc5c(ccc6ccc7ccccc7c65)c4)cc3)c3ccc4c(ccc5oc6ccccc6c54)c3)cc2)cc1. The molecule has 2 nitrogen and oxygen atoms in total. The van der Waals surface area contributed by atoms with Crippen molar-refractivity contribution in [3.8, 4) is 22.3 Å². The van der Waals surface area contributed by atoms with Crippen LogP contribution in [-0.2, 0) is 0 Å². The lowest BCUT2D eigenvalue weighted by molar-refractivity contribution is 0.669. The molecule has 0 radical (unpaired) electrons. The van der Waals surface area contributed by atoms with E-state index < -0.39 is 0 Å². The topological polar surface area (TPSA) is 16.4 Å². The van der Waals surface area contributed by atoms with Crippen LogP contribution in [0, 0.1) is 0 Å². The van der Waals surface area contributed by atoms with Gasteiger partial charge in [0.15, 0.2) is 0 Å². The highest BCUT2D eigenvalue weighted by Crippen LogP contribution is 2.41. The summed E-state index contributed by atoms with van der Waals surface area (Å²) in [4.78, 5) is 2.35. The van der Waals surface area contributed by atoms with E-state index in [1.807, 2.05) is 12.1 Å². The van der Waals surface area contributed by atoms with Gasteiger partial charge in [-0.05, 0) is 120 Å². The summed E-state index contributed by atoms with van der Waals surface area (Å²) < 4.78 is 6.22. The Balaban J connectivity index is 1.01. The number of fused-ring (bicyclic) bond motifs is 10. The molecule has 11 rings (SSSR count). The molecule has 0 saturated heterocycles. The zero-order valence-corrected chi connectivity index (χ0v) is 29.4. The van der Waals surface area contributed by atoms with Gasteiger partial charge in [-0.1, -0.05) is 146 Å². The van der Waals surface area contributed by atoms with Gasteiger partial charge in [0.25, 0.3) is 0 Å². The Kier molecular flexibility index (Phi) is 6.90. The van der Waals surface area contributed by atoms with Crippen LogP contribution >= 0.6 is 0 Å². The van der Waals surface area contributed by atoms with E-state index in [0.29, 0.717) is 0 Å². The smallest absolute Gasteiger partial charge is 0.136 e. The third-order valence-corrected chi connectivity index (χ3v) is 11.0. The van der Waals surface area contributed by atoms with Crippen LogP contribution in [0.4, 0.5) is 17.1 Å². The van der Waals surface area contributed by atoms with Crippen molar-refractivity contribution in [3.05, 3.63) is 200 Å². The van der Waals surface area contributed by atoms with E-state index in [1.165, 1.54) is 65.3 Å². The molecule has 0 fully saturated rings. The highest BCUT2D eigenvalue weighted by atomic mass is 16.3. The van der Waals surface area contributed by atoms with E-state index in [9.17, 15) is 0 Å². The van der Waals surface area contributed by atoms with Crippen LogP contribution in [0.5, 0.6) is 0 Å². The lowest BCUT2D eigenvalue weighted by atomic mass is 9.94. The maximum atomic E-state index is 6.22. The summed E-state index contributed by atoms with van der Waals surface area (Å²) in [5, 5.41) is 12.3. The minimum atomic E-state index is 0.913. The van der Waals surface area contributed by atoms with Crippen LogP contribution in [0.15, 0.2) is 205 Å². The van der Waals surface area contributed by atoms with Crippen molar-refractivity contribution < 1.29 is 4.42 Å². The molecular formula is C52H33NO. The van der Waals surface area contributed by atoms with Crippen LogP contribution in [0.25, 0.3) is 87.3 Å². The molecule has 0 amide bonds. The second kappa shape index (κ2) is 12.2. The van der Waals surface area contributed by atoms with Crippen molar-refractivity contribution in [2.45, 2.75) is 0 Å². The van der Waals surface area contributed by atoms with Crippen molar-refractivity contribution in [1.82, 2.24) is 0 Å². The van der Waals surface area contributed by atoms with Crippen LogP contribution in [0.1, 0.15) is 0 Å². The van der Waals surface area contributed by atoms with Gasteiger partial charge in [-0.15, -0.1) is 0 Å². The zero-order valence-electron chi connectivity index (χ0n) is 29.4. The molecule has 10 aromatic carbocycles. The summed E-state index contributed by atoms with van der Waals surface area (Å²) in [5.74, 6) is 0. The van der Waals surface area contributed by atoms with Gasteiger partial charge in [0.05, 0.1) is 0 Å². The standard InChI is InChI=1S/C52H33NO/c1-2-8-34(9-3-1)35-18-24-42(25-19-35)53(44-28-30-47-41(33-44)23-31-50-52(47)48-12-6-7-13-49(48)54-50)43-26-20-36(21-27-43)39-22-29-46-40(32-39)17-16-38-15-14-37-10-4-5-11-45(37)51(38)46/h1-33H. The number of para-hydroxylation sites is 1. The van der Waals surface area contributed by atoms with E-state index in [-0.39, 0.29) is 0 Å². The summed E-state index contributed by atoms with van der Waals surface area (Å²) in [5.41, 5.74) is 9.91. The molecule has 0 unspecified atom stereocenters. The summed E-state index contributed by atoms with van der Waals surface area (Å²) >= 11 is 0. The van der Waals surface area contributed by atoms with Gasteiger partial charge >= 0.3 is 0 Å². The Bertz CT molecular complexity index is 3190. The summed E-state index contributed by atoms with van der Waals surface area (Å²) in [6.07, 6.45) is 0. The first-order chi connectivity index (χ1) is 26.7. The highest BCUT2D eigenvalue weighted by molar-refractivity contribution is 6.21. The van der Waals surface area contributed by atoms with E-state index in [4.69, 9.17) is 4.42 Å². The average Bonchev–Trinajstić information content (AvgIpc) is 3.63. The number of furan rings is 1. The average molecular weight is 688 g/mol. The zero-order chi connectivity index (χ0) is 35.6. The number of benzene rings is 10. The Morgan fingerprint density at radius 2 is 0.796 bits per heavy atom. The van der Waals surface area contributed by atoms with Gasteiger partial charge in [0.1, 0.15) is 11.2 Å². The molecule has 2 heteroatoms. The number of anilines is 3. The summed E-state index contributed by atoms with van der Waals surface area (Å²) in [7, 11) is 0.